The number of rotatable bonds is 9. The number of hydrogen-bond donors (Lipinski definition) is 1. The lowest BCUT2D eigenvalue weighted by Crippen LogP contribution is -2.01. The van der Waals surface area contributed by atoms with E-state index < -0.39 is 0 Å². The van der Waals surface area contributed by atoms with Gasteiger partial charge < -0.3 is 9.72 Å². The second-order valence-electron chi connectivity index (χ2n) is 4.24. The molecule has 0 aliphatic carbocycles. The summed E-state index contributed by atoms with van der Waals surface area (Å²) in [5.74, 6) is -0.312. The largest absolute Gasteiger partial charge is 0.463 e. The maximum absolute atomic E-state index is 10.6. The van der Waals surface area contributed by atoms with Crippen LogP contribution in [0.5, 0.6) is 0 Å². The maximum Gasteiger partial charge on any atom is 0.330 e. The van der Waals surface area contributed by atoms with Crippen LogP contribution < -0.4 is 0 Å². The topological polar surface area (TPSA) is 55.0 Å². The molecule has 114 valence electrons. The lowest BCUT2D eigenvalue weighted by atomic mass is 10.1. The molecule has 20 heavy (non-hydrogen) atoms. The lowest BCUT2D eigenvalue weighted by Gasteiger charge is -2.01. The molecule has 1 rings (SSSR count). The lowest BCUT2D eigenvalue weighted by molar-refractivity contribution is -0.137. The van der Waals surface area contributed by atoms with E-state index in [9.17, 15) is 4.79 Å². The van der Waals surface area contributed by atoms with Crippen LogP contribution in [-0.4, -0.2) is 28.8 Å². The van der Waals surface area contributed by atoms with Gasteiger partial charge in [-0.3, -0.25) is 0 Å². The Balaban J connectivity index is 0.000000428. The summed E-state index contributed by atoms with van der Waals surface area (Å²) in [7, 11) is 0. The van der Waals surface area contributed by atoms with E-state index >= 15 is 0 Å². The van der Waals surface area contributed by atoms with Crippen LogP contribution in [0.1, 0.15) is 45.4 Å². The minimum atomic E-state index is -0.312. The summed E-state index contributed by atoms with van der Waals surface area (Å²) in [5.41, 5.74) is 0. The summed E-state index contributed by atoms with van der Waals surface area (Å²) in [6.07, 6.45) is 14.0. The molecule has 0 fully saturated rings. The number of H-pyrrole nitrogens is 1. The number of hydrogen-bond acceptors (Lipinski definition) is 4. The smallest absolute Gasteiger partial charge is 0.330 e. The quantitative estimate of drug-likeness (QED) is 0.321. The molecule has 0 saturated heterocycles. The molecule has 5 heteroatoms. The van der Waals surface area contributed by atoms with Crippen LogP contribution in [-0.2, 0) is 9.53 Å². The Hall–Kier alpha value is -1.23. The number of ether oxygens (including phenoxy) is 1. The maximum atomic E-state index is 10.6. The third-order valence-corrected chi connectivity index (χ3v) is 3.19. The van der Waals surface area contributed by atoms with Gasteiger partial charge >= 0.3 is 5.97 Å². The first-order chi connectivity index (χ1) is 9.74. The fourth-order valence-corrected chi connectivity index (χ4v) is 1.83. The van der Waals surface area contributed by atoms with Gasteiger partial charge in [0.05, 0.1) is 6.61 Å². The van der Waals surface area contributed by atoms with Gasteiger partial charge in [0.15, 0.2) is 5.16 Å². The molecule has 0 amide bonds. The summed E-state index contributed by atoms with van der Waals surface area (Å²) < 4.78 is 4.84. The average molecular weight is 298 g/mol. The summed E-state index contributed by atoms with van der Waals surface area (Å²) in [6, 6.07) is 0. The third-order valence-electron chi connectivity index (χ3n) is 2.58. The first kappa shape index (κ1) is 18.8. The Morgan fingerprint density at radius 2 is 2.10 bits per heavy atom. The Labute approximate surface area is 126 Å². The van der Waals surface area contributed by atoms with Gasteiger partial charge in [0.1, 0.15) is 0 Å². The van der Waals surface area contributed by atoms with Crippen molar-refractivity contribution in [2.24, 2.45) is 0 Å². The van der Waals surface area contributed by atoms with Gasteiger partial charge in [-0.15, -0.1) is 0 Å². The van der Waals surface area contributed by atoms with E-state index in [0.717, 1.165) is 18.0 Å². The molecule has 0 aliphatic heterocycles. The SMILES string of the molecule is C=CC(=O)OCCCCCCCC.CSc1ncc[nH]1. The van der Waals surface area contributed by atoms with Crippen LogP contribution in [0.25, 0.3) is 0 Å². The minimum absolute atomic E-state index is 0.312. The number of unbranched alkanes of at least 4 members (excludes halogenated alkanes) is 5. The summed E-state index contributed by atoms with van der Waals surface area (Å²) in [6.45, 7) is 6.06. The zero-order valence-electron chi connectivity index (χ0n) is 12.6. The number of nitrogens with one attached hydrogen (secondary N) is 1. The number of aromatic nitrogens is 2. The third kappa shape index (κ3) is 11.8. The standard InChI is InChI=1S/C11H20O2.C4H6N2S/c1-3-5-6-7-8-9-10-13-11(12)4-2;1-7-4-5-2-3-6-4/h4H,2-3,5-10H2,1H3;2-3H,1H3,(H,5,6). The first-order valence-corrected chi connectivity index (χ1v) is 8.29. The van der Waals surface area contributed by atoms with Gasteiger partial charge in [-0.1, -0.05) is 57.4 Å². The molecule has 0 radical (unpaired) electrons. The highest BCUT2D eigenvalue weighted by Crippen LogP contribution is 2.05. The molecule has 0 unspecified atom stereocenters. The van der Waals surface area contributed by atoms with E-state index in [1.165, 1.54) is 31.8 Å². The second kappa shape index (κ2) is 14.2. The van der Waals surface area contributed by atoms with Crippen molar-refractivity contribution in [1.29, 1.82) is 0 Å². The number of nitrogens with zero attached hydrogens (tertiary/aromatic N) is 1. The van der Waals surface area contributed by atoms with Crippen LogP contribution in [0.4, 0.5) is 0 Å². The molecule has 1 aromatic rings. The molecule has 1 heterocycles. The summed E-state index contributed by atoms with van der Waals surface area (Å²) in [4.78, 5) is 17.5. The van der Waals surface area contributed by atoms with Crippen molar-refractivity contribution in [1.82, 2.24) is 9.97 Å². The van der Waals surface area contributed by atoms with Crippen LogP contribution in [0.3, 0.4) is 0 Å². The molecule has 1 aromatic heterocycles. The van der Waals surface area contributed by atoms with Gasteiger partial charge in [-0.05, 0) is 12.7 Å². The van der Waals surface area contributed by atoms with Crippen molar-refractivity contribution in [3.8, 4) is 0 Å². The summed E-state index contributed by atoms with van der Waals surface area (Å²) >= 11 is 1.61. The van der Waals surface area contributed by atoms with Crippen LogP contribution in [0.2, 0.25) is 0 Å². The number of esters is 1. The molecule has 0 saturated carbocycles. The highest BCUT2D eigenvalue weighted by molar-refractivity contribution is 7.98. The van der Waals surface area contributed by atoms with Gasteiger partial charge in [0, 0.05) is 18.5 Å². The van der Waals surface area contributed by atoms with E-state index in [2.05, 4.69) is 23.5 Å². The van der Waals surface area contributed by atoms with Crippen LogP contribution >= 0.6 is 11.8 Å². The van der Waals surface area contributed by atoms with Crippen LogP contribution in [0, 0.1) is 0 Å². The molecular weight excluding hydrogens is 272 g/mol. The zero-order valence-corrected chi connectivity index (χ0v) is 13.4. The molecule has 0 spiro atoms. The van der Waals surface area contributed by atoms with Gasteiger partial charge in [0.25, 0.3) is 0 Å². The molecule has 4 nitrogen and oxygen atoms in total. The number of imidazole rings is 1. The van der Waals surface area contributed by atoms with Crippen molar-refractivity contribution < 1.29 is 9.53 Å². The zero-order chi connectivity index (χ0) is 15.1. The fourth-order valence-electron chi connectivity index (χ4n) is 1.48. The predicted molar refractivity (Wildman–Crippen MR) is 84.9 cm³/mol. The first-order valence-electron chi connectivity index (χ1n) is 7.07. The van der Waals surface area contributed by atoms with Crippen molar-refractivity contribution in [3.63, 3.8) is 0 Å². The van der Waals surface area contributed by atoms with Crippen molar-refractivity contribution in [2.45, 2.75) is 50.6 Å². The number of carbonyl (C=O) groups is 1. The monoisotopic (exact) mass is 298 g/mol. The second-order valence-corrected chi connectivity index (χ2v) is 5.03. The van der Waals surface area contributed by atoms with Gasteiger partial charge in [0.2, 0.25) is 0 Å². The van der Waals surface area contributed by atoms with Crippen molar-refractivity contribution in [2.75, 3.05) is 12.9 Å². The van der Waals surface area contributed by atoms with E-state index in [4.69, 9.17) is 4.74 Å². The summed E-state index contributed by atoms with van der Waals surface area (Å²) in [5, 5.41) is 0.972. The number of thioether (sulfide) groups is 1. The molecular formula is C15H26N2O2S. The Morgan fingerprint density at radius 3 is 2.60 bits per heavy atom. The number of aromatic amines is 1. The number of carbonyl (C=O) groups excluding carboxylic acids is 1. The molecule has 1 N–H and O–H groups in total. The van der Waals surface area contributed by atoms with E-state index in [-0.39, 0.29) is 5.97 Å². The Kier molecular flexibility index (Phi) is 13.3. The molecule has 0 bridgehead atoms. The highest BCUT2D eigenvalue weighted by Gasteiger charge is 1.94. The Bertz CT molecular complexity index is 340. The molecule has 0 aromatic carbocycles. The van der Waals surface area contributed by atoms with Crippen molar-refractivity contribution in [3.05, 3.63) is 25.0 Å². The van der Waals surface area contributed by atoms with Crippen molar-refractivity contribution >= 4 is 17.7 Å². The van der Waals surface area contributed by atoms with Gasteiger partial charge in [-0.25, -0.2) is 9.78 Å². The van der Waals surface area contributed by atoms with E-state index in [0.29, 0.717) is 6.61 Å². The van der Waals surface area contributed by atoms with Gasteiger partial charge in [-0.2, -0.15) is 0 Å². The average Bonchev–Trinajstić information content (AvgIpc) is 3.00. The highest BCUT2D eigenvalue weighted by atomic mass is 32.2. The fraction of sp³-hybridized carbons (Fsp3) is 0.600. The normalized spacial score (nSPS) is 9.50. The van der Waals surface area contributed by atoms with E-state index in [1.807, 2.05) is 12.5 Å². The van der Waals surface area contributed by atoms with E-state index in [1.54, 1.807) is 18.0 Å². The van der Waals surface area contributed by atoms with Crippen LogP contribution in [0.15, 0.2) is 30.2 Å². The molecule has 0 atom stereocenters. The predicted octanol–water partition coefficient (Wildman–Crippen LogP) is 4.21. The molecule has 0 aliphatic rings. The Morgan fingerprint density at radius 1 is 1.40 bits per heavy atom. The minimum Gasteiger partial charge on any atom is -0.463 e.